The lowest BCUT2D eigenvalue weighted by molar-refractivity contribution is 0.100. The van der Waals surface area contributed by atoms with E-state index in [1.807, 2.05) is 42.0 Å². The van der Waals surface area contributed by atoms with Crippen LogP contribution in [0, 0.1) is 6.92 Å². The van der Waals surface area contributed by atoms with E-state index in [9.17, 15) is 4.79 Å². The fraction of sp³-hybridized carbons (Fsp3) is 0.133. The summed E-state index contributed by atoms with van der Waals surface area (Å²) in [6, 6.07) is 7.75. The largest absolute Gasteiger partial charge is 0.365 e. The molecule has 0 radical (unpaired) electrons. The Labute approximate surface area is 116 Å². The molecule has 0 aliphatic heterocycles. The van der Waals surface area contributed by atoms with E-state index in [1.165, 1.54) is 0 Å². The molecule has 5 heteroatoms. The lowest BCUT2D eigenvalue weighted by Crippen LogP contribution is -2.10. The predicted octanol–water partition coefficient (Wildman–Crippen LogP) is 1.89. The Balaban J connectivity index is 2.07. The van der Waals surface area contributed by atoms with Gasteiger partial charge in [0.2, 0.25) is 0 Å². The zero-order valence-corrected chi connectivity index (χ0v) is 11.1. The van der Waals surface area contributed by atoms with E-state index in [4.69, 9.17) is 5.73 Å². The van der Waals surface area contributed by atoms with Gasteiger partial charge in [0.15, 0.2) is 0 Å². The van der Waals surface area contributed by atoms with E-state index in [0.717, 1.165) is 16.8 Å². The van der Waals surface area contributed by atoms with Crippen molar-refractivity contribution in [3.05, 3.63) is 59.7 Å². The van der Waals surface area contributed by atoms with Crippen LogP contribution in [-0.4, -0.2) is 20.4 Å². The molecule has 0 aliphatic carbocycles. The summed E-state index contributed by atoms with van der Waals surface area (Å²) in [5, 5.41) is 0. The fourth-order valence-electron chi connectivity index (χ4n) is 2.20. The fourth-order valence-corrected chi connectivity index (χ4v) is 2.20. The van der Waals surface area contributed by atoms with Crippen LogP contribution in [0.2, 0.25) is 0 Å². The minimum Gasteiger partial charge on any atom is -0.365 e. The molecule has 3 aromatic rings. The molecule has 20 heavy (non-hydrogen) atoms. The maximum absolute atomic E-state index is 11.5. The summed E-state index contributed by atoms with van der Waals surface area (Å²) in [4.78, 5) is 20.1. The Bertz CT molecular complexity index is 774. The number of fused-ring (bicyclic) bond motifs is 1. The molecule has 0 spiro atoms. The Morgan fingerprint density at radius 3 is 2.85 bits per heavy atom. The second kappa shape index (κ2) is 4.77. The van der Waals surface area contributed by atoms with Crippen LogP contribution in [0.5, 0.6) is 0 Å². The highest BCUT2D eigenvalue weighted by molar-refractivity contribution is 6.04. The van der Waals surface area contributed by atoms with Gasteiger partial charge in [-0.15, -0.1) is 0 Å². The van der Waals surface area contributed by atoms with Gasteiger partial charge in [0, 0.05) is 18.6 Å². The number of primary amides is 1. The van der Waals surface area contributed by atoms with E-state index in [-0.39, 0.29) is 0 Å². The molecule has 0 bridgehead atoms. The Hall–Kier alpha value is -2.69. The first-order chi connectivity index (χ1) is 9.65. The van der Waals surface area contributed by atoms with E-state index in [0.29, 0.717) is 17.6 Å². The molecule has 0 unspecified atom stereocenters. The lowest BCUT2D eigenvalue weighted by Gasteiger charge is -2.04. The summed E-state index contributed by atoms with van der Waals surface area (Å²) >= 11 is 0. The second-order valence-electron chi connectivity index (χ2n) is 4.73. The standard InChI is InChI=1S/C15H14N4O/c1-10-4-5-11(18-7-10)8-19-9-12(15(16)20)14-13(19)3-2-6-17-14/h2-7,9H,8H2,1H3,(H2,16,20). The third-order valence-electron chi connectivity index (χ3n) is 3.21. The third-order valence-corrected chi connectivity index (χ3v) is 3.21. The van der Waals surface area contributed by atoms with Crippen LogP contribution in [0.4, 0.5) is 0 Å². The Kier molecular flexibility index (Phi) is 2.95. The maximum atomic E-state index is 11.5. The van der Waals surface area contributed by atoms with Gasteiger partial charge in [-0.05, 0) is 30.7 Å². The van der Waals surface area contributed by atoms with Crippen LogP contribution >= 0.6 is 0 Å². The zero-order chi connectivity index (χ0) is 14.1. The molecule has 0 fully saturated rings. The van der Waals surface area contributed by atoms with E-state index >= 15 is 0 Å². The average molecular weight is 266 g/mol. The third kappa shape index (κ3) is 2.14. The molecule has 3 heterocycles. The molecule has 1 amide bonds. The number of pyridine rings is 2. The molecule has 0 atom stereocenters. The molecule has 0 aliphatic rings. The van der Waals surface area contributed by atoms with Gasteiger partial charge in [-0.1, -0.05) is 6.07 Å². The van der Waals surface area contributed by atoms with Crippen molar-refractivity contribution in [3.8, 4) is 0 Å². The molecule has 5 nitrogen and oxygen atoms in total. The first kappa shape index (κ1) is 12.3. The normalized spacial score (nSPS) is 10.8. The summed E-state index contributed by atoms with van der Waals surface area (Å²) in [5.41, 5.74) is 9.39. The summed E-state index contributed by atoms with van der Waals surface area (Å²) < 4.78 is 1.94. The van der Waals surface area contributed by atoms with Crippen LogP contribution in [-0.2, 0) is 6.54 Å². The SMILES string of the molecule is Cc1ccc(Cn2cc(C(N)=O)c3ncccc32)nc1. The second-order valence-corrected chi connectivity index (χ2v) is 4.73. The molecule has 3 aromatic heterocycles. The average Bonchev–Trinajstić information content (AvgIpc) is 2.81. The van der Waals surface area contributed by atoms with Crippen LogP contribution in [0.1, 0.15) is 21.6 Å². The lowest BCUT2D eigenvalue weighted by atomic mass is 10.2. The van der Waals surface area contributed by atoms with Crippen molar-refractivity contribution in [2.45, 2.75) is 13.5 Å². The van der Waals surface area contributed by atoms with Crippen molar-refractivity contribution in [1.82, 2.24) is 14.5 Å². The van der Waals surface area contributed by atoms with Crippen LogP contribution in [0.25, 0.3) is 11.0 Å². The summed E-state index contributed by atoms with van der Waals surface area (Å²) in [7, 11) is 0. The number of rotatable bonds is 3. The van der Waals surface area contributed by atoms with Gasteiger partial charge in [0.05, 0.1) is 23.3 Å². The van der Waals surface area contributed by atoms with Crippen molar-refractivity contribution >= 4 is 16.9 Å². The molecular weight excluding hydrogens is 252 g/mol. The number of hydrogen-bond acceptors (Lipinski definition) is 3. The smallest absolute Gasteiger partial charge is 0.252 e. The topological polar surface area (TPSA) is 73.8 Å². The minimum absolute atomic E-state index is 0.438. The quantitative estimate of drug-likeness (QED) is 0.786. The monoisotopic (exact) mass is 266 g/mol. The zero-order valence-electron chi connectivity index (χ0n) is 11.1. The van der Waals surface area contributed by atoms with Crippen molar-refractivity contribution in [2.24, 2.45) is 5.73 Å². The van der Waals surface area contributed by atoms with Crippen LogP contribution in [0.15, 0.2) is 42.9 Å². The van der Waals surface area contributed by atoms with Gasteiger partial charge < -0.3 is 10.3 Å². The van der Waals surface area contributed by atoms with Crippen molar-refractivity contribution in [1.29, 1.82) is 0 Å². The number of nitrogens with two attached hydrogens (primary N) is 1. The van der Waals surface area contributed by atoms with E-state index in [2.05, 4.69) is 9.97 Å². The number of aromatic nitrogens is 3. The number of amides is 1. The van der Waals surface area contributed by atoms with Gasteiger partial charge in [-0.3, -0.25) is 14.8 Å². The van der Waals surface area contributed by atoms with Crippen molar-refractivity contribution in [2.75, 3.05) is 0 Å². The minimum atomic E-state index is -0.468. The van der Waals surface area contributed by atoms with Crippen molar-refractivity contribution in [3.63, 3.8) is 0 Å². The van der Waals surface area contributed by atoms with Gasteiger partial charge in [-0.2, -0.15) is 0 Å². The van der Waals surface area contributed by atoms with Crippen LogP contribution in [0.3, 0.4) is 0 Å². The maximum Gasteiger partial charge on any atom is 0.252 e. The predicted molar refractivity (Wildman–Crippen MR) is 76.3 cm³/mol. The van der Waals surface area contributed by atoms with Gasteiger partial charge >= 0.3 is 0 Å². The molecule has 3 rings (SSSR count). The van der Waals surface area contributed by atoms with E-state index in [1.54, 1.807) is 12.4 Å². The first-order valence-electron chi connectivity index (χ1n) is 6.30. The molecule has 0 saturated heterocycles. The molecule has 100 valence electrons. The summed E-state index contributed by atoms with van der Waals surface area (Å²) in [5.74, 6) is -0.468. The molecular formula is C15H14N4O. The number of carbonyl (C=O) groups excluding carboxylic acids is 1. The number of carbonyl (C=O) groups is 1. The number of nitrogens with zero attached hydrogens (tertiary/aromatic N) is 3. The highest BCUT2D eigenvalue weighted by Crippen LogP contribution is 2.19. The number of aryl methyl sites for hydroxylation is 1. The summed E-state index contributed by atoms with van der Waals surface area (Å²) in [6.45, 7) is 2.58. The van der Waals surface area contributed by atoms with Gasteiger partial charge in [-0.25, -0.2) is 0 Å². The van der Waals surface area contributed by atoms with Crippen molar-refractivity contribution < 1.29 is 4.79 Å². The number of hydrogen-bond donors (Lipinski definition) is 1. The molecule has 0 aromatic carbocycles. The molecule has 2 N–H and O–H groups in total. The Morgan fingerprint density at radius 1 is 1.30 bits per heavy atom. The first-order valence-corrected chi connectivity index (χ1v) is 6.30. The van der Waals surface area contributed by atoms with Gasteiger partial charge in [0.25, 0.3) is 5.91 Å². The van der Waals surface area contributed by atoms with Gasteiger partial charge in [0.1, 0.15) is 5.52 Å². The molecule has 0 saturated carbocycles. The highest BCUT2D eigenvalue weighted by Gasteiger charge is 2.13. The highest BCUT2D eigenvalue weighted by atomic mass is 16.1. The van der Waals surface area contributed by atoms with Crippen LogP contribution < -0.4 is 5.73 Å². The summed E-state index contributed by atoms with van der Waals surface area (Å²) in [6.07, 6.45) is 5.22. The van der Waals surface area contributed by atoms with E-state index < -0.39 is 5.91 Å². The Morgan fingerprint density at radius 2 is 2.15 bits per heavy atom.